The number of rotatable bonds is 10. The molecule has 2 aromatic carbocycles. The number of imidazole rings is 1. The first-order chi connectivity index (χ1) is 26.3. The van der Waals surface area contributed by atoms with Gasteiger partial charge in [0.15, 0.2) is 5.82 Å². The first-order valence-electron chi connectivity index (χ1n) is 19.6. The number of aliphatic carboxylic acids is 1. The summed E-state index contributed by atoms with van der Waals surface area (Å²) in [6.45, 7) is 10.6. The van der Waals surface area contributed by atoms with Gasteiger partial charge >= 0.3 is 5.97 Å². The second-order valence-electron chi connectivity index (χ2n) is 16.6. The lowest BCUT2D eigenvalue weighted by molar-refractivity contribution is -0.148. The molecule has 2 amide bonds. The predicted octanol–water partition coefficient (Wildman–Crippen LogP) is 7.50. The summed E-state index contributed by atoms with van der Waals surface area (Å²) < 4.78 is 1.91. The van der Waals surface area contributed by atoms with Crippen LogP contribution in [-0.4, -0.2) is 72.9 Å². The Hall–Kier alpha value is -4.58. The largest absolute Gasteiger partial charge is 0.481 e. The number of hydrogen-bond acceptors (Lipinski definition) is 7. The van der Waals surface area contributed by atoms with Crippen molar-refractivity contribution in [1.29, 1.82) is 0 Å². The molecule has 2 aliphatic carbocycles. The van der Waals surface area contributed by atoms with E-state index in [2.05, 4.69) is 39.3 Å². The molecule has 2 bridgehead atoms. The number of benzene rings is 2. The molecule has 0 atom stereocenters. The van der Waals surface area contributed by atoms with Gasteiger partial charge in [0.25, 0.3) is 11.8 Å². The minimum atomic E-state index is -0.618. The Labute approximate surface area is 327 Å². The molecule has 3 N–H and O–H groups in total. The van der Waals surface area contributed by atoms with Gasteiger partial charge in [-0.25, -0.2) is 4.98 Å². The van der Waals surface area contributed by atoms with Crippen LogP contribution in [0.25, 0.3) is 11.1 Å². The Kier molecular flexibility index (Phi) is 9.84. The lowest BCUT2D eigenvalue weighted by atomic mass is 9.80. The third-order valence-corrected chi connectivity index (χ3v) is 13.5. The maximum atomic E-state index is 13.8. The molecule has 4 aromatic rings. The van der Waals surface area contributed by atoms with Crippen molar-refractivity contribution < 1.29 is 19.5 Å². The van der Waals surface area contributed by atoms with E-state index < -0.39 is 11.4 Å². The molecule has 12 heteroatoms. The van der Waals surface area contributed by atoms with Crippen LogP contribution in [0.1, 0.15) is 102 Å². The molecular formula is C43H50ClN7O4. The molecule has 2 aromatic heterocycles. The molecule has 4 aliphatic rings. The number of carboxylic acids is 1. The van der Waals surface area contributed by atoms with Gasteiger partial charge < -0.3 is 20.3 Å². The average molecular weight is 764 g/mol. The van der Waals surface area contributed by atoms with Crippen LogP contribution in [0.3, 0.4) is 0 Å². The maximum absolute atomic E-state index is 13.8. The van der Waals surface area contributed by atoms with E-state index in [4.69, 9.17) is 16.6 Å². The van der Waals surface area contributed by atoms with Crippen molar-refractivity contribution in [3.05, 3.63) is 93.3 Å². The molecule has 0 radical (unpaired) electrons. The number of nitrogens with zero attached hydrogens (tertiary/aromatic N) is 5. The topological polar surface area (TPSA) is 133 Å². The molecule has 0 saturated heterocycles. The van der Waals surface area contributed by atoms with Gasteiger partial charge in [-0.2, -0.15) is 0 Å². The summed E-state index contributed by atoms with van der Waals surface area (Å²) >= 11 is 6.98. The van der Waals surface area contributed by atoms with E-state index in [1.807, 2.05) is 61.1 Å². The minimum Gasteiger partial charge on any atom is -0.481 e. The molecule has 55 heavy (non-hydrogen) atoms. The highest BCUT2D eigenvalue weighted by atomic mass is 35.5. The normalized spacial score (nSPS) is 22.1. The van der Waals surface area contributed by atoms with E-state index in [-0.39, 0.29) is 17.2 Å². The van der Waals surface area contributed by atoms with Crippen molar-refractivity contribution in [2.75, 3.05) is 30.3 Å². The molecule has 0 unspecified atom stereocenters. The fraction of sp³-hybridized carbons (Fsp3) is 0.465. The number of aromatic nitrogens is 3. The summed E-state index contributed by atoms with van der Waals surface area (Å²) in [5.41, 5.74) is 7.84. The lowest BCUT2D eigenvalue weighted by Crippen LogP contribution is -2.36. The fourth-order valence-corrected chi connectivity index (χ4v) is 9.90. The highest BCUT2D eigenvalue weighted by Gasteiger charge is 2.57. The molecule has 8 rings (SSSR count). The minimum absolute atomic E-state index is 0.148. The highest BCUT2D eigenvalue weighted by Crippen LogP contribution is 2.63. The van der Waals surface area contributed by atoms with E-state index in [9.17, 15) is 19.5 Å². The summed E-state index contributed by atoms with van der Waals surface area (Å²) in [6.07, 6.45) is 8.93. The Bertz CT molecular complexity index is 2190. The monoisotopic (exact) mass is 763 g/mol. The molecule has 11 nitrogen and oxygen atoms in total. The molecule has 4 heterocycles. The van der Waals surface area contributed by atoms with Crippen molar-refractivity contribution in [3.8, 4) is 11.1 Å². The molecule has 2 aliphatic heterocycles. The van der Waals surface area contributed by atoms with Gasteiger partial charge in [0.05, 0.1) is 21.8 Å². The average Bonchev–Trinajstić information content (AvgIpc) is 3.86. The number of carbonyl (C=O) groups excluding carboxylic acids is 2. The molecule has 2 saturated carbocycles. The lowest BCUT2D eigenvalue weighted by Gasteiger charge is -2.32. The van der Waals surface area contributed by atoms with E-state index in [0.717, 1.165) is 117 Å². The molecule has 288 valence electrons. The SMILES string of the molecule is Cc1c(NC(=O)c2nc3c(n2C)CCN(CCC24CCC(C(=O)O)(CC2)C4)C3)cccc1-c1cccc(NC(=O)c2cc3c(cn2)CN(C(C)C)CC3)c1Cl. The van der Waals surface area contributed by atoms with Gasteiger partial charge in [0.1, 0.15) is 5.69 Å². The second kappa shape index (κ2) is 14.5. The van der Waals surface area contributed by atoms with Crippen molar-refractivity contribution >= 4 is 40.8 Å². The van der Waals surface area contributed by atoms with E-state index in [1.54, 1.807) is 6.07 Å². The second-order valence-corrected chi connectivity index (χ2v) is 17.0. The smallest absolute Gasteiger partial charge is 0.309 e. The van der Waals surface area contributed by atoms with Gasteiger partial charge in [-0.3, -0.25) is 29.2 Å². The summed E-state index contributed by atoms with van der Waals surface area (Å²) in [5.74, 6) is -0.858. The quantitative estimate of drug-likeness (QED) is 0.151. The summed E-state index contributed by atoms with van der Waals surface area (Å²) in [7, 11) is 1.90. The Morgan fingerprint density at radius 3 is 2.38 bits per heavy atom. The zero-order valence-corrected chi connectivity index (χ0v) is 32.9. The fourth-order valence-electron chi connectivity index (χ4n) is 9.62. The van der Waals surface area contributed by atoms with Crippen LogP contribution in [0.15, 0.2) is 48.7 Å². The summed E-state index contributed by atoms with van der Waals surface area (Å²) in [5, 5.41) is 16.3. The van der Waals surface area contributed by atoms with Crippen LogP contribution in [0.4, 0.5) is 11.4 Å². The van der Waals surface area contributed by atoms with E-state index in [1.165, 1.54) is 0 Å². The first kappa shape index (κ1) is 37.3. The van der Waals surface area contributed by atoms with E-state index >= 15 is 0 Å². The maximum Gasteiger partial charge on any atom is 0.309 e. The van der Waals surface area contributed by atoms with E-state index in [0.29, 0.717) is 40.5 Å². The van der Waals surface area contributed by atoms with Crippen LogP contribution in [0.5, 0.6) is 0 Å². The third kappa shape index (κ3) is 6.95. The molecular weight excluding hydrogens is 714 g/mol. The van der Waals surface area contributed by atoms with Gasteiger partial charge in [0, 0.05) is 68.8 Å². The number of fused-ring (bicyclic) bond motifs is 4. The van der Waals surface area contributed by atoms with Gasteiger partial charge in [0.2, 0.25) is 0 Å². The Morgan fingerprint density at radius 2 is 1.65 bits per heavy atom. The number of amides is 2. The predicted molar refractivity (Wildman–Crippen MR) is 213 cm³/mol. The van der Waals surface area contributed by atoms with Gasteiger partial charge in [-0.15, -0.1) is 0 Å². The number of halogens is 1. The molecule has 0 spiro atoms. The highest BCUT2D eigenvalue weighted by molar-refractivity contribution is 6.36. The van der Waals surface area contributed by atoms with Crippen LogP contribution >= 0.6 is 11.6 Å². The van der Waals surface area contributed by atoms with Crippen molar-refractivity contribution in [3.63, 3.8) is 0 Å². The van der Waals surface area contributed by atoms with Crippen LogP contribution < -0.4 is 10.6 Å². The number of anilines is 2. The summed E-state index contributed by atoms with van der Waals surface area (Å²) in [4.78, 5) is 53.3. The van der Waals surface area contributed by atoms with Crippen molar-refractivity contribution in [1.82, 2.24) is 24.3 Å². The number of carbonyl (C=O) groups is 3. The first-order valence-corrected chi connectivity index (χ1v) is 20.0. The van der Waals surface area contributed by atoms with Gasteiger partial charge in [-0.05, 0) is 118 Å². The zero-order chi connectivity index (χ0) is 38.6. The number of hydrogen-bond donors (Lipinski definition) is 3. The number of nitrogens with one attached hydrogen (secondary N) is 2. The Morgan fingerprint density at radius 1 is 0.927 bits per heavy atom. The van der Waals surface area contributed by atoms with Crippen LogP contribution in [0, 0.1) is 17.8 Å². The zero-order valence-electron chi connectivity index (χ0n) is 32.2. The number of carboxylic acid groups (broad SMARTS) is 1. The van der Waals surface area contributed by atoms with Gasteiger partial charge in [-0.1, -0.05) is 35.9 Å². The van der Waals surface area contributed by atoms with Crippen molar-refractivity contribution in [2.24, 2.45) is 17.9 Å². The van der Waals surface area contributed by atoms with Crippen molar-refractivity contribution in [2.45, 2.75) is 91.3 Å². The number of pyridine rings is 1. The van der Waals surface area contributed by atoms with Crippen LogP contribution in [0.2, 0.25) is 5.02 Å². The third-order valence-electron chi connectivity index (χ3n) is 13.1. The van der Waals surface area contributed by atoms with Crippen LogP contribution in [-0.2, 0) is 37.8 Å². The summed E-state index contributed by atoms with van der Waals surface area (Å²) in [6, 6.07) is 13.6. The standard InChI is InChI=1S/C43H50ClN7O4/c1-26(2)51-19-11-28-21-34(45-22-29(28)23-51)39(52)48-33-10-6-8-31(37(33)44)30-7-5-9-32(27(30)3)47-40(53)38-46-35-24-50(18-12-36(35)49(38)4)20-17-42-13-15-43(25-42,16-14-42)41(54)55/h5-10,21-22,26H,11-20,23-25H2,1-4H3,(H,47,53)(H,48,52)(H,54,55). The molecule has 2 fully saturated rings. The Balaban J connectivity index is 0.934.